The van der Waals surface area contributed by atoms with Gasteiger partial charge in [-0.15, -0.1) is 0 Å². The molecule has 1 heterocycles. The normalized spacial score (nSPS) is 17.0. The molecule has 1 saturated carbocycles. The second-order valence-corrected chi connectivity index (χ2v) is 4.50. The van der Waals surface area contributed by atoms with Gasteiger partial charge in [0.15, 0.2) is 0 Å². The largest absolute Gasteiger partial charge is 0.356 e. The molecule has 0 aliphatic heterocycles. The third-order valence-corrected chi connectivity index (χ3v) is 3.44. The Hall–Kier alpha value is -1.36. The average molecular weight is 221 g/mol. The molecule has 0 radical (unpaired) electrons. The van der Waals surface area contributed by atoms with Gasteiger partial charge in [0.05, 0.1) is 0 Å². The third-order valence-electron chi connectivity index (χ3n) is 3.44. The van der Waals surface area contributed by atoms with E-state index in [4.69, 9.17) is 5.84 Å². The van der Waals surface area contributed by atoms with Crippen LogP contribution in [0.4, 0.5) is 11.6 Å². The van der Waals surface area contributed by atoms with E-state index >= 15 is 0 Å². The molecular formula is C11H19N5. The average Bonchev–Trinajstić information content (AvgIpc) is 3.11. The Morgan fingerprint density at radius 3 is 2.75 bits per heavy atom. The maximum absolute atomic E-state index is 5.41. The molecule has 1 aromatic heterocycles. The fourth-order valence-electron chi connectivity index (χ4n) is 2.03. The minimum absolute atomic E-state index is 0.527. The van der Waals surface area contributed by atoms with Crippen molar-refractivity contribution >= 4 is 11.6 Å². The first-order valence-electron chi connectivity index (χ1n) is 5.66. The van der Waals surface area contributed by atoms with Gasteiger partial charge in [-0.05, 0) is 32.6 Å². The minimum atomic E-state index is 0.527. The Labute approximate surface area is 96.0 Å². The van der Waals surface area contributed by atoms with Crippen molar-refractivity contribution in [1.82, 2.24) is 9.97 Å². The predicted molar refractivity (Wildman–Crippen MR) is 65.2 cm³/mol. The van der Waals surface area contributed by atoms with E-state index < -0.39 is 0 Å². The van der Waals surface area contributed by atoms with Crippen molar-refractivity contribution in [2.75, 3.05) is 17.4 Å². The number of hydrogen-bond donors (Lipinski definition) is 2. The lowest BCUT2D eigenvalue weighted by Crippen LogP contribution is -2.32. The molecule has 1 unspecified atom stereocenters. The van der Waals surface area contributed by atoms with Gasteiger partial charge in [0.1, 0.15) is 18.0 Å². The molecular weight excluding hydrogens is 202 g/mol. The van der Waals surface area contributed by atoms with Gasteiger partial charge in [-0.2, -0.15) is 0 Å². The maximum Gasteiger partial charge on any atom is 0.148 e. The zero-order chi connectivity index (χ0) is 11.7. The first-order valence-corrected chi connectivity index (χ1v) is 5.66. The molecule has 1 atom stereocenters. The van der Waals surface area contributed by atoms with Crippen LogP contribution in [-0.4, -0.2) is 23.1 Å². The smallest absolute Gasteiger partial charge is 0.148 e. The van der Waals surface area contributed by atoms with Crippen LogP contribution in [0.1, 0.15) is 25.3 Å². The lowest BCUT2D eigenvalue weighted by Gasteiger charge is -2.27. The van der Waals surface area contributed by atoms with E-state index in [1.165, 1.54) is 12.8 Å². The number of rotatable bonds is 4. The summed E-state index contributed by atoms with van der Waals surface area (Å²) in [5.41, 5.74) is 3.60. The molecule has 0 aromatic carbocycles. The number of aromatic nitrogens is 2. The van der Waals surface area contributed by atoms with Crippen LogP contribution in [0.25, 0.3) is 0 Å². The van der Waals surface area contributed by atoms with E-state index in [2.05, 4.69) is 34.3 Å². The van der Waals surface area contributed by atoms with Gasteiger partial charge in [-0.25, -0.2) is 15.8 Å². The van der Waals surface area contributed by atoms with Crippen molar-refractivity contribution in [2.24, 2.45) is 11.8 Å². The number of nitrogen functional groups attached to an aromatic ring is 1. The van der Waals surface area contributed by atoms with Gasteiger partial charge in [0, 0.05) is 18.7 Å². The van der Waals surface area contributed by atoms with Crippen LogP contribution in [0.2, 0.25) is 0 Å². The molecule has 16 heavy (non-hydrogen) atoms. The summed E-state index contributed by atoms with van der Waals surface area (Å²) < 4.78 is 0. The summed E-state index contributed by atoms with van der Waals surface area (Å²) in [6, 6.07) is 0.527. The molecule has 5 nitrogen and oxygen atoms in total. The molecule has 88 valence electrons. The van der Waals surface area contributed by atoms with E-state index in [-0.39, 0.29) is 0 Å². The first kappa shape index (κ1) is 11.1. The van der Waals surface area contributed by atoms with E-state index in [9.17, 15) is 0 Å². The third kappa shape index (κ3) is 1.95. The van der Waals surface area contributed by atoms with Gasteiger partial charge < -0.3 is 10.3 Å². The van der Waals surface area contributed by atoms with E-state index in [1.54, 1.807) is 6.33 Å². The van der Waals surface area contributed by atoms with Crippen LogP contribution in [0.15, 0.2) is 6.33 Å². The van der Waals surface area contributed by atoms with Crippen LogP contribution >= 0.6 is 0 Å². The zero-order valence-electron chi connectivity index (χ0n) is 10.1. The molecule has 1 aliphatic rings. The Kier molecular flexibility index (Phi) is 2.96. The zero-order valence-corrected chi connectivity index (χ0v) is 10.1. The van der Waals surface area contributed by atoms with Crippen LogP contribution in [-0.2, 0) is 0 Å². The highest BCUT2D eigenvalue weighted by atomic mass is 15.3. The Bertz CT molecular complexity index is 375. The van der Waals surface area contributed by atoms with Crippen LogP contribution < -0.4 is 16.2 Å². The highest BCUT2D eigenvalue weighted by molar-refractivity contribution is 5.57. The summed E-state index contributed by atoms with van der Waals surface area (Å²) in [5.74, 6) is 7.88. The Morgan fingerprint density at radius 2 is 2.19 bits per heavy atom. The first-order chi connectivity index (χ1) is 7.65. The van der Waals surface area contributed by atoms with Crippen LogP contribution in [0.3, 0.4) is 0 Å². The van der Waals surface area contributed by atoms with Crippen LogP contribution in [0.5, 0.6) is 0 Å². The number of hydrazine groups is 1. The molecule has 0 bridgehead atoms. The standard InChI is InChI=1S/C11H19N5/c1-7-10(15-12)13-6-14-11(7)16(3)8(2)9-4-5-9/h6,8-9H,4-5,12H2,1-3H3,(H,13,14,15). The fraction of sp³-hybridized carbons (Fsp3) is 0.636. The summed E-state index contributed by atoms with van der Waals surface area (Å²) in [4.78, 5) is 10.6. The van der Waals surface area contributed by atoms with Crippen molar-refractivity contribution in [3.8, 4) is 0 Å². The van der Waals surface area contributed by atoms with E-state index in [0.717, 1.165) is 17.3 Å². The van der Waals surface area contributed by atoms with Crippen molar-refractivity contribution < 1.29 is 0 Å². The lowest BCUT2D eigenvalue weighted by atomic mass is 10.2. The van der Waals surface area contributed by atoms with Crippen molar-refractivity contribution in [2.45, 2.75) is 32.7 Å². The van der Waals surface area contributed by atoms with Gasteiger partial charge in [0.25, 0.3) is 0 Å². The SMILES string of the molecule is Cc1c(NN)ncnc1N(C)C(C)C1CC1. The highest BCUT2D eigenvalue weighted by Crippen LogP contribution is 2.36. The fourth-order valence-corrected chi connectivity index (χ4v) is 2.03. The number of hydrogen-bond acceptors (Lipinski definition) is 5. The summed E-state index contributed by atoms with van der Waals surface area (Å²) in [6.07, 6.45) is 4.21. The van der Waals surface area contributed by atoms with Crippen LogP contribution in [0, 0.1) is 12.8 Å². The lowest BCUT2D eigenvalue weighted by molar-refractivity contribution is 0.602. The quantitative estimate of drug-likeness (QED) is 0.592. The highest BCUT2D eigenvalue weighted by Gasteiger charge is 2.31. The molecule has 2 rings (SSSR count). The monoisotopic (exact) mass is 221 g/mol. The summed E-state index contributed by atoms with van der Waals surface area (Å²) >= 11 is 0. The summed E-state index contributed by atoms with van der Waals surface area (Å²) in [5, 5.41) is 0. The van der Waals surface area contributed by atoms with Gasteiger partial charge in [-0.1, -0.05) is 0 Å². The molecule has 3 N–H and O–H groups in total. The van der Waals surface area contributed by atoms with Gasteiger partial charge >= 0.3 is 0 Å². The van der Waals surface area contributed by atoms with Crippen molar-refractivity contribution in [1.29, 1.82) is 0 Å². The van der Waals surface area contributed by atoms with E-state index in [0.29, 0.717) is 11.9 Å². The number of nitrogens with two attached hydrogens (primary N) is 1. The molecule has 1 aliphatic carbocycles. The maximum atomic E-state index is 5.41. The second-order valence-electron chi connectivity index (χ2n) is 4.50. The van der Waals surface area contributed by atoms with Crippen molar-refractivity contribution in [3.63, 3.8) is 0 Å². The molecule has 0 saturated heterocycles. The second kappa shape index (κ2) is 4.25. The molecule has 0 amide bonds. The van der Waals surface area contributed by atoms with Gasteiger partial charge in [0.2, 0.25) is 0 Å². The van der Waals surface area contributed by atoms with E-state index in [1.807, 2.05) is 6.92 Å². The molecule has 1 fully saturated rings. The minimum Gasteiger partial charge on any atom is -0.356 e. The van der Waals surface area contributed by atoms with Crippen molar-refractivity contribution in [3.05, 3.63) is 11.9 Å². The Morgan fingerprint density at radius 1 is 1.50 bits per heavy atom. The Balaban J connectivity index is 2.24. The molecule has 0 spiro atoms. The number of anilines is 2. The predicted octanol–water partition coefficient (Wildman–Crippen LogP) is 1.31. The summed E-state index contributed by atoms with van der Waals surface area (Å²) in [7, 11) is 2.08. The molecule has 1 aromatic rings. The van der Waals surface area contributed by atoms with Gasteiger partial charge in [-0.3, -0.25) is 0 Å². The summed E-state index contributed by atoms with van der Waals surface area (Å²) in [6.45, 7) is 4.23. The number of nitrogens with zero attached hydrogens (tertiary/aromatic N) is 3. The number of nitrogens with one attached hydrogen (secondary N) is 1. The molecule has 5 heteroatoms. The topological polar surface area (TPSA) is 67.1 Å².